The largest absolute Gasteiger partial charge is 0.390 e. The van der Waals surface area contributed by atoms with Gasteiger partial charge in [-0.25, -0.2) is 0 Å². The SMILES string of the molecule is COC1OC(COC(c2ccccc2)(c2ccccc2)c2ccccc2)C(C)C(O)C1N1C(=O)c2ccccc2C1=O. The molecule has 0 aromatic heterocycles. The number of fused-ring (bicyclic) bond motifs is 1. The summed E-state index contributed by atoms with van der Waals surface area (Å²) in [6, 6.07) is 35.7. The molecule has 2 heterocycles. The van der Waals surface area contributed by atoms with Crippen LogP contribution in [0.25, 0.3) is 0 Å². The lowest BCUT2D eigenvalue weighted by Gasteiger charge is -2.46. The number of hydrogen-bond acceptors (Lipinski definition) is 6. The normalized spacial score (nSPS) is 24.1. The Morgan fingerprint density at radius 1 is 0.738 bits per heavy atom. The third kappa shape index (κ3) is 4.64. The van der Waals surface area contributed by atoms with Crippen molar-refractivity contribution < 1.29 is 28.9 Å². The summed E-state index contributed by atoms with van der Waals surface area (Å²) in [5, 5.41) is 11.6. The molecule has 0 bridgehead atoms. The molecule has 1 N–H and O–H groups in total. The van der Waals surface area contributed by atoms with Crippen LogP contribution in [0.3, 0.4) is 0 Å². The van der Waals surface area contributed by atoms with E-state index in [1.807, 2.05) is 97.9 Å². The number of amides is 2. The Hall–Kier alpha value is -4.14. The number of carbonyl (C=O) groups is 2. The van der Waals surface area contributed by atoms with Crippen molar-refractivity contribution in [2.75, 3.05) is 13.7 Å². The van der Waals surface area contributed by atoms with Crippen LogP contribution < -0.4 is 0 Å². The van der Waals surface area contributed by atoms with Crippen molar-refractivity contribution in [3.05, 3.63) is 143 Å². The summed E-state index contributed by atoms with van der Waals surface area (Å²) >= 11 is 0. The highest BCUT2D eigenvalue weighted by Crippen LogP contribution is 2.42. The molecule has 4 aromatic carbocycles. The summed E-state index contributed by atoms with van der Waals surface area (Å²) in [4.78, 5) is 27.7. The number of carbonyl (C=O) groups excluding carboxylic acids is 2. The third-order valence-electron chi connectivity index (χ3n) is 8.42. The molecule has 0 radical (unpaired) electrons. The zero-order valence-corrected chi connectivity index (χ0v) is 23.5. The number of hydrogen-bond donors (Lipinski definition) is 1. The first kappa shape index (κ1) is 28.0. The van der Waals surface area contributed by atoms with E-state index in [-0.39, 0.29) is 6.61 Å². The van der Waals surface area contributed by atoms with Crippen LogP contribution in [0.5, 0.6) is 0 Å². The summed E-state index contributed by atoms with van der Waals surface area (Å²) in [5.41, 5.74) is 2.47. The van der Waals surface area contributed by atoms with E-state index < -0.39 is 47.9 Å². The average Bonchev–Trinajstić information content (AvgIpc) is 3.30. The topological polar surface area (TPSA) is 85.3 Å². The minimum Gasteiger partial charge on any atom is -0.390 e. The standard InChI is InChI=1S/C35H33NO6/c1-23-29(42-34(40-2)30(31(23)37)36-32(38)27-20-12-13-21-28(27)33(36)39)22-41-35(24-14-6-3-7-15-24,25-16-8-4-9-17-25)26-18-10-5-11-19-26/h3-21,23,29-31,34,37H,22H2,1-2H3. The molecule has 42 heavy (non-hydrogen) atoms. The number of methoxy groups -OCH3 is 1. The lowest BCUT2D eigenvalue weighted by molar-refractivity contribution is -0.262. The molecular formula is C35H33NO6. The van der Waals surface area contributed by atoms with Crippen LogP contribution in [0.15, 0.2) is 115 Å². The van der Waals surface area contributed by atoms with Crippen molar-refractivity contribution in [2.24, 2.45) is 5.92 Å². The summed E-state index contributed by atoms with van der Waals surface area (Å²) in [6.07, 6.45) is -2.77. The number of imide groups is 1. The number of ether oxygens (including phenoxy) is 3. The molecule has 1 fully saturated rings. The highest BCUT2D eigenvalue weighted by atomic mass is 16.7. The Morgan fingerprint density at radius 2 is 1.17 bits per heavy atom. The van der Waals surface area contributed by atoms with E-state index in [0.717, 1.165) is 21.6 Å². The number of aliphatic hydroxyl groups is 1. The second kappa shape index (κ2) is 11.6. The Balaban J connectivity index is 1.33. The van der Waals surface area contributed by atoms with Gasteiger partial charge in [0.15, 0.2) is 6.29 Å². The van der Waals surface area contributed by atoms with Crippen LogP contribution in [0, 0.1) is 5.92 Å². The second-order valence-electron chi connectivity index (χ2n) is 10.7. The van der Waals surface area contributed by atoms with Gasteiger partial charge in [0, 0.05) is 13.0 Å². The lowest BCUT2D eigenvalue weighted by Crippen LogP contribution is -2.63. The van der Waals surface area contributed by atoms with Gasteiger partial charge < -0.3 is 19.3 Å². The highest BCUT2D eigenvalue weighted by molar-refractivity contribution is 6.21. The summed E-state index contributed by atoms with van der Waals surface area (Å²) in [5.74, 6) is -1.43. The molecule has 6 rings (SSSR count). The minimum atomic E-state index is -1.11. The molecule has 2 aliphatic heterocycles. The molecule has 4 aromatic rings. The van der Waals surface area contributed by atoms with Crippen LogP contribution in [0.1, 0.15) is 44.3 Å². The number of aliphatic hydroxyl groups excluding tert-OH is 1. The van der Waals surface area contributed by atoms with Crippen LogP contribution in [0.2, 0.25) is 0 Å². The molecule has 0 spiro atoms. The van der Waals surface area contributed by atoms with E-state index in [2.05, 4.69) is 0 Å². The van der Waals surface area contributed by atoms with Crippen molar-refractivity contribution in [3.63, 3.8) is 0 Å². The second-order valence-corrected chi connectivity index (χ2v) is 10.7. The Bertz CT molecular complexity index is 1410. The van der Waals surface area contributed by atoms with Gasteiger partial charge in [0.05, 0.1) is 29.9 Å². The van der Waals surface area contributed by atoms with Gasteiger partial charge in [-0.2, -0.15) is 0 Å². The van der Waals surface area contributed by atoms with E-state index in [0.29, 0.717) is 11.1 Å². The fourth-order valence-electron chi connectivity index (χ4n) is 6.18. The molecule has 0 saturated carbocycles. The molecule has 7 heteroatoms. The molecule has 214 valence electrons. The van der Waals surface area contributed by atoms with Gasteiger partial charge in [-0.3, -0.25) is 14.5 Å². The molecule has 5 unspecified atom stereocenters. The Kier molecular flexibility index (Phi) is 7.75. The summed E-state index contributed by atoms with van der Waals surface area (Å²) < 4.78 is 19.0. The van der Waals surface area contributed by atoms with Gasteiger partial charge in [0.25, 0.3) is 11.8 Å². The van der Waals surface area contributed by atoms with Crippen LogP contribution in [0.4, 0.5) is 0 Å². The maximum Gasteiger partial charge on any atom is 0.262 e. The monoisotopic (exact) mass is 563 g/mol. The maximum atomic E-state index is 13.3. The van der Waals surface area contributed by atoms with Crippen molar-refractivity contribution in [3.8, 4) is 0 Å². The van der Waals surface area contributed by atoms with Crippen LogP contribution in [-0.2, 0) is 19.8 Å². The highest BCUT2D eigenvalue weighted by Gasteiger charge is 2.53. The lowest BCUT2D eigenvalue weighted by atomic mass is 9.80. The first-order valence-corrected chi connectivity index (χ1v) is 14.1. The van der Waals surface area contributed by atoms with E-state index in [1.54, 1.807) is 24.3 Å². The number of nitrogens with zero attached hydrogens (tertiary/aromatic N) is 1. The molecular weight excluding hydrogens is 530 g/mol. The minimum absolute atomic E-state index is 0.103. The van der Waals surface area contributed by atoms with Gasteiger partial charge in [0.1, 0.15) is 11.6 Å². The van der Waals surface area contributed by atoms with Crippen molar-refractivity contribution in [1.29, 1.82) is 0 Å². The number of benzene rings is 4. The molecule has 2 aliphatic rings. The molecule has 0 aliphatic carbocycles. The molecule has 5 atom stereocenters. The Morgan fingerprint density at radius 3 is 1.60 bits per heavy atom. The zero-order chi connectivity index (χ0) is 29.3. The fourth-order valence-corrected chi connectivity index (χ4v) is 6.18. The van der Waals surface area contributed by atoms with E-state index in [9.17, 15) is 14.7 Å². The van der Waals surface area contributed by atoms with Gasteiger partial charge in [-0.1, -0.05) is 110 Å². The smallest absolute Gasteiger partial charge is 0.262 e. The van der Waals surface area contributed by atoms with E-state index >= 15 is 0 Å². The van der Waals surface area contributed by atoms with Crippen LogP contribution in [-0.4, -0.2) is 60.1 Å². The van der Waals surface area contributed by atoms with Gasteiger partial charge in [-0.15, -0.1) is 0 Å². The molecule has 2 amide bonds. The van der Waals surface area contributed by atoms with Crippen molar-refractivity contribution in [1.82, 2.24) is 4.90 Å². The van der Waals surface area contributed by atoms with Crippen molar-refractivity contribution in [2.45, 2.75) is 37.1 Å². The molecule has 7 nitrogen and oxygen atoms in total. The molecule has 1 saturated heterocycles. The summed E-state index contributed by atoms with van der Waals surface area (Å²) in [7, 11) is 1.44. The fraction of sp³-hybridized carbons (Fsp3) is 0.257. The van der Waals surface area contributed by atoms with Gasteiger partial charge in [0.2, 0.25) is 0 Å². The third-order valence-corrected chi connectivity index (χ3v) is 8.42. The average molecular weight is 564 g/mol. The van der Waals surface area contributed by atoms with Crippen molar-refractivity contribution >= 4 is 11.8 Å². The predicted octanol–water partition coefficient (Wildman–Crippen LogP) is 5.03. The van der Waals surface area contributed by atoms with Gasteiger partial charge >= 0.3 is 0 Å². The van der Waals surface area contributed by atoms with Gasteiger partial charge in [-0.05, 0) is 28.8 Å². The quantitative estimate of drug-likeness (QED) is 0.239. The maximum absolute atomic E-state index is 13.3. The predicted molar refractivity (Wildman–Crippen MR) is 157 cm³/mol. The first-order chi connectivity index (χ1) is 20.5. The summed E-state index contributed by atoms with van der Waals surface area (Å²) in [6.45, 7) is 1.94. The van der Waals surface area contributed by atoms with E-state index in [1.165, 1.54) is 7.11 Å². The van der Waals surface area contributed by atoms with E-state index in [4.69, 9.17) is 14.2 Å². The first-order valence-electron chi connectivity index (χ1n) is 14.1. The Labute approximate surface area is 245 Å². The number of rotatable bonds is 8. The van der Waals surface area contributed by atoms with Crippen LogP contribution >= 0.6 is 0 Å². The zero-order valence-electron chi connectivity index (χ0n) is 23.5.